The van der Waals surface area contributed by atoms with Gasteiger partial charge in [0.05, 0.1) is 18.1 Å². The third-order valence-electron chi connectivity index (χ3n) is 1.98. The molecule has 1 heterocycles. The fourth-order valence-electron chi connectivity index (χ4n) is 1.17. The number of carbonyl (C=O) groups is 1. The average Bonchev–Trinajstić information content (AvgIpc) is 2.66. The molecule has 1 atom stereocenters. The van der Waals surface area contributed by atoms with Gasteiger partial charge < -0.3 is 9.73 Å². The fraction of sp³-hybridized carbons (Fsp3) is 0.583. The molecular weight excluding hydrogens is 222 g/mol. The maximum atomic E-state index is 11.6. The highest BCUT2D eigenvalue weighted by Gasteiger charge is 2.16. The van der Waals surface area contributed by atoms with E-state index in [0.29, 0.717) is 5.75 Å². The highest BCUT2D eigenvalue weighted by molar-refractivity contribution is 8.01. The van der Waals surface area contributed by atoms with Gasteiger partial charge in [-0.3, -0.25) is 4.79 Å². The zero-order valence-corrected chi connectivity index (χ0v) is 11.1. The number of amides is 1. The van der Waals surface area contributed by atoms with Crippen LogP contribution < -0.4 is 5.32 Å². The first kappa shape index (κ1) is 13.2. The van der Waals surface area contributed by atoms with Gasteiger partial charge in [0.2, 0.25) is 5.91 Å². The number of furan rings is 1. The molecule has 0 spiro atoms. The van der Waals surface area contributed by atoms with Gasteiger partial charge in [-0.15, -0.1) is 11.8 Å². The van der Waals surface area contributed by atoms with Gasteiger partial charge in [0.1, 0.15) is 5.76 Å². The van der Waals surface area contributed by atoms with Gasteiger partial charge in [0, 0.05) is 4.75 Å². The van der Waals surface area contributed by atoms with Crippen molar-refractivity contribution in [2.45, 2.75) is 38.5 Å². The molecule has 0 saturated heterocycles. The number of rotatable bonds is 4. The zero-order valence-electron chi connectivity index (χ0n) is 10.2. The molecule has 1 aromatic rings. The molecule has 1 amide bonds. The van der Waals surface area contributed by atoms with Gasteiger partial charge in [0.25, 0.3) is 0 Å². The summed E-state index contributed by atoms with van der Waals surface area (Å²) in [5, 5.41) is 2.90. The minimum absolute atomic E-state index is 0.0452. The fourth-order valence-corrected chi connectivity index (χ4v) is 1.82. The van der Waals surface area contributed by atoms with E-state index in [0.717, 1.165) is 5.76 Å². The Kier molecular flexibility index (Phi) is 4.47. The van der Waals surface area contributed by atoms with Crippen LogP contribution >= 0.6 is 11.8 Å². The molecule has 1 N–H and O–H groups in total. The van der Waals surface area contributed by atoms with Crippen LogP contribution in [0.15, 0.2) is 22.8 Å². The van der Waals surface area contributed by atoms with E-state index in [9.17, 15) is 4.79 Å². The minimum atomic E-state index is -0.0666. The minimum Gasteiger partial charge on any atom is -0.467 e. The Morgan fingerprint density at radius 2 is 2.25 bits per heavy atom. The smallest absolute Gasteiger partial charge is 0.230 e. The van der Waals surface area contributed by atoms with Crippen molar-refractivity contribution in [1.29, 1.82) is 0 Å². The standard InChI is InChI=1S/C12H19NO2S/c1-9(10-6-5-7-15-10)13-11(14)8-16-12(2,3)4/h5-7,9H,8H2,1-4H3,(H,13,14). The predicted molar refractivity (Wildman–Crippen MR) is 67.5 cm³/mol. The molecule has 1 unspecified atom stereocenters. The van der Waals surface area contributed by atoms with E-state index in [1.807, 2.05) is 19.1 Å². The van der Waals surface area contributed by atoms with Crippen molar-refractivity contribution in [1.82, 2.24) is 5.32 Å². The predicted octanol–water partition coefficient (Wildman–Crippen LogP) is 2.99. The monoisotopic (exact) mass is 241 g/mol. The number of thioether (sulfide) groups is 1. The van der Waals surface area contributed by atoms with Crippen LogP contribution in [0.4, 0.5) is 0 Å². The average molecular weight is 241 g/mol. The molecule has 0 aliphatic heterocycles. The second kappa shape index (κ2) is 5.43. The molecule has 0 aliphatic rings. The lowest BCUT2D eigenvalue weighted by molar-refractivity contribution is -0.119. The molecule has 0 bridgehead atoms. The molecule has 0 fully saturated rings. The van der Waals surface area contributed by atoms with Crippen LogP contribution in [0.1, 0.15) is 39.5 Å². The normalized spacial score (nSPS) is 13.5. The van der Waals surface area contributed by atoms with E-state index in [4.69, 9.17) is 4.42 Å². The molecule has 0 aromatic carbocycles. The first-order chi connectivity index (χ1) is 7.38. The molecule has 4 heteroatoms. The Morgan fingerprint density at radius 3 is 2.75 bits per heavy atom. The third-order valence-corrected chi connectivity index (χ3v) is 3.26. The summed E-state index contributed by atoms with van der Waals surface area (Å²) in [6.45, 7) is 8.21. The maximum absolute atomic E-state index is 11.6. The summed E-state index contributed by atoms with van der Waals surface area (Å²) < 4.78 is 5.34. The Labute approximate surface area is 101 Å². The number of nitrogens with one attached hydrogen (secondary N) is 1. The summed E-state index contributed by atoms with van der Waals surface area (Å²) in [4.78, 5) is 11.6. The van der Waals surface area contributed by atoms with Gasteiger partial charge in [-0.05, 0) is 19.1 Å². The maximum Gasteiger partial charge on any atom is 0.230 e. The van der Waals surface area contributed by atoms with Crippen molar-refractivity contribution in [3.05, 3.63) is 24.2 Å². The van der Waals surface area contributed by atoms with E-state index >= 15 is 0 Å². The van der Waals surface area contributed by atoms with Crippen LogP contribution in [0.3, 0.4) is 0 Å². The number of hydrogen-bond acceptors (Lipinski definition) is 3. The van der Waals surface area contributed by atoms with E-state index < -0.39 is 0 Å². The Bertz CT molecular complexity index is 327. The van der Waals surface area contributed by atoms with Gasteiger partial charge in [-0.2, -0.15) is 0 Å². The van der Waals surface area contributed by atoms with Crippen molar-refractivity contribution >= 4 is 17.7 Å². The van der Waals surface area contributed by atoms with E-state index in [2.05, 4.69) is 26.1 Å². The van der Waals surface area contributed by atoms with E-state index in [-0.39, 0.29) is 16.7 Å². The summed E-state index contributed by atoms with van der Waals surface area (Å²) in [6.07, 6.45) is 1.61. The highest BCUT2D eigenvalue weighted by Crippen LogP contribution is 2.22. The molecule has 3 nitrogen and oxygen atoms in total. The topological polar surface area (TPSA) is 42.2 Å². The number of hydrogen-bond donors (Lipinski definition) is 1. The molecule has 0 radical (unpaired) electrons. The van der Waals surface area contributed by atoms with Crippen LogP contribution in [0.25, 0.3) is 0 Å². The van der Waals surface area contributed by atoms with Crippen LogP contribution in [-0.4, -0.2) is 16.4 Å². The number of carbonyl (C=O) groups excluding carboxylic acids is 1. The van der Waals surface area contributed by atoms with Crippen molar-refractivity contribution in [2.24, 2.45) is 0 Å². The lowest BCUT2D eigenvalue weighted by atomic mass is 10.2. The van der Waals surface area contributed by atoms with Crippen LogP contribution in [0.5, 0.6) is 0 Å². The quantitative estimate of drug-likeness (QED) is 0.881. The Morgan fingerprint density at radius 1 is 1.56 bits per heavy atom. The van der Waals surface area contributed by atoms with Gasteiger partial charge >= 0.3 is 0 Å². The second-order valence-corrected chi connectivity index (χ2v) is 6.51. The van der Waals surface area contributed by atoms with Crippen LogP contribution in [-0.2, 0) is 4.79 Å². The summed E-state index contributed by atoms with van der Waals surface area (Å²) in [7, 11) is 0. The first-order valence-corrected chi connectivity index (χ1v) is 6.34. The molecule has 90 valence electrons. The van der Waals surface area contributed by atoms with Gasteiger partial charge in [0.15, 0.2) is 0 Å². The summed E-state index contributed by atoms with van der Waals surface area (Å²) in [6, 6.07) is 3.62. The van der Waals surface area contributed by atoms with Crippen molar-refractivity contribution in [2.75, 3.05) is 5.75 Å². The van der Waals surface area contributed by atoms with Gasteiger partial charge in [-0.25, -0.2) is 0 Å². The van der Waals surface area contributed by atoms with Crippen molar-refractivity contribution < 1.29 is 9.21 Å². The van der Waals surface area contributed by atoms with E-state index in [1.165, 1.54) is 0 Å². The van der Waals surface area contributed by atoms with Gasteiger partial charge in [-0.1, -0.05) is 20.8 Å². The van der Waals surface area contributed by atoms with Crippen molar-refractivity contribution in [3.63, 3.8) is 0 Å². The largest absolute Gasteiger partial charge is 0.467 e. The second-order valence-electron chi connectivity index (χ2n) is 4.71. The van der Waals surface area contributed by atoms with E-state index in [1.54, 1.807) is 18.0 Å². The first-order valence-electron chi connectivity index (χ1n) is 5.35. The summed E-state index contributed by atoms with van der Waals surface area (Å²) in [5.74, 6) is 1.31. The zero-order chi connectivity index (χ0) is 12.2. The SMILES string of the molecule is CC(NC(=O)CSC(C)(C)C)c1ccco1. The molecule has 0 saturated carbocycles. The lowest BCUT2D eigenvalue weighted by Crippen LogP contribution is -2.29. The molecule has 16 heavy (non-hydrogen) atoms. The highest BCUT2D eigenvalue weighted by atomic mass is 32.2. The Hall–Kier alpha value is -0.900. The molecule has 0 aliphatic carbocycles. The Balaban J connectivity index is 2.35. The summed E-state index contributed by atoms with van der Waals surface area (Å²) >= 11 is 1.64. The molecule has 1 rings (SSSR count). The van der Waals surface area contributed by atoms with Crippen LogP contribution in [0, 0.1) is 0 Å². The molecule has 1 aromatic heterocycles. The molecular formula is C12H19NO2S. The van der Waals surface area contributed by atoms with Crippen LogP contribution in [0.2, 0.25) is 0 Å². The van der Waals surface area contributed by atoms with Crippen molar-refractivity contribution in [3.8, 4) is 0 Å². The third kappa shape index (κ3) is 4.75. The summed E-state index contributed by atoms with van der Waals surface area (Å²) in [5.41, 5.74) is 0. The lowest BCUT2D eigenvalue weighted by Gasteiger charge is -2.18.